The summed E-state index contributed by atoms with van der Waals surface area (Å²) in [5, 5.41) is 15.5. The van der Waals surface area contributed by atoms with Crippen LogP contribution in [0.5, 0.6) is 5.75 Å². The average molecular weight is 287 g/mol. The molecule has 1 fully saturated rings. The van der Waals surface area contributed by atoms with Crippen molar-refractivity contribution in [2.24, 2.45) is 0 Å². The zero-order valence-electron chi connectivity index (χ0n) is 9.63. The minimum atomic E-state index is -2.65. The molecule has 98 valence electrons. The van der Waals surface area contributed by atoms with Crippen molar-refractivity contribution in [3.05, 3.63) is 24.3 Å². The SMILES string of the molecule is O=[S+]1(O)CC[C@@H](NC(=S)Nc2ccc(O)cc2)C1. The van der Waals surface area contributed by atoms with Gasteiger partial charge in [0.1, 0.15) is 11.5 Å². The fraction of sp³-hybridized carbons (Fsp3) is 0.364. The number of benzene rings is 1. The van der Waals surface area contributed by atoms with Crippen LogP contribution in [0, 0.1) is 0 Å². The molecule has 1 aromatic carbocycles. The summed E-state index contributed by atoms with van der Waals surface area (Å²) in [7, 11) is -2.65. The topological polar surface area (TPSA) is 81.6 Å². The van der Waals surface area contributed by atoms with E-state index in [4.69, 9.17) is 17.3 Å². The molecule has 0 radical (unpaired) electrons. The second-order valence-electron chi connectivity index (χ2n) is 4.27. The Morgan fingerprint density at radius 3 is 2.61 bits per heavy atom. The second-order valence-corrected chi connectivity index (χ2v) is 6.97. The van der Waals surface area contributed by atoms with E-state index in [1.807, 2.05) is 0 Å². The van der Waals surface area contributed by atoms with Crippen molar-refractivity contribution in [1.29, 1.82) is 0 Å². The number of aromatic hydroxyl groups is 1. The highest BCUT2D eigenvalue weighted by Crippen LogP contribution is 2.17. The Kier molecular flexibility index (Phi) is 3.84. The zero-order valence-corrected chi connectivity index (χ0v) is 11.3. The van der Waals surface area contributed by atoms with Gasteiger partial charge in [0.15, 0.2) is 10.9 Å². The van der Waals surface area contributed by atoms with Gasteiger partial charge in [-0.15, -0.1) is 0 Å². The van der Waals surface area contributed by atoms with Gasteiger partial charge in [-0.1, -0.05) is 4.21 Å². The van der Waals surface area contributed by atoms with E-state index in [1.165, 1.54) is 0 Å². The van der Waals surface area contributed by atoms with E-state index < -0.39 is 10.2 Å². The molecule has 7 heteroatoms. The van der Waals surface area contributed by atoms with Crippen LogP contribution in [0.15, 0.2) is 24.3 Å². The van der Waals surface area contributed by atoms with Crippen molar-refractivity contribution >= 4 is 33.2 Å². The molecule has 2 rings (SSSR count). The molecule has 0 aromatic heterocycles. The molecule has 4 N–H and O–H groups in total. The molecule has 1 aromatic rings. The lowest BCUT2D eigenvalue weighted by atomic mass is 10.3. The molecule has 0 spiro atoms. The first-order chi connectivity index (χ1) is 8.44. The Morgan fingerprint density at radius 1 is 1.39 bits per heavy atom. The van der Waals surface area contributed by atoms with E-state index >= 15 is 0 Å². The number of anilines is 1. The summed E-state index contributed by atoms with van der Waals surface area (Å²) >= 11 is 5.12. The number of rotatable bonds is 2. The summed E-state index contributed by atoms with van der Waals surface area (Å²) in [6, 6.07) is 6.46. The summed E-state index contributed by atoms with van der Waals surface area (Å²) in [6.07, 6.45) is 0.646. The van der Waals surface area contributed by atoms with Gasteiger partial charge in [-0.25, -0.2) is 0 Å². The Bertz CT molecular complexity index is 490. The monoisotopic (exact) mass is 287 g/mol. The summed E-state index contributed by atoms with van der Waals surface area (Å²) in [5.74, 6) is 0.756. The van der Waals surface area contributed by atoms with Gasteiger partial charge in [-0.05, 0) is 36.5 Å². The van der Waals surface area contributed by atoms with Gasteiger partial charge in [0.25, 0.3) is 0 Å². The minimum absolute atomic E-state index is 0.0559. The Morgan fingerprint density at radius 2 is 2.06 bits per heavy atom. The molecule has 0 amide bonds. The maximum Gasteiger partial charge on any atom is 0.216 e. The van der Waals surface area contributed by atoms with Crippen molar-refractivity contribution in [2.75, 3.05) is 16.8 Å². The summed E-state index contributed by atoms with van der Waals surface area (Å²) < 4.78 is 20.8. The first kappa shape index (κ1) is 13.3. The van der Waals surface area contributed by atoms with Crippen molar-refractivity contribution in [3.63, 3.8) is 0 Å². The van der Waals surface area contributed by atoms with E-state index in [2.05, 4.69) is 10.6 Å². The van der Waals surface area contributed by atoms with Crippen LogP contribution in [-0.2, 0) is 14.4 Å². The quantitative estimate of drug-likeness (QED) is 0.374. The number of phenolic OH excluding ortho intramolecular Hbond substituents is 1. The first-order valence-electron chi connectivity index (χ1n) is 5.53. The Labute approximate surface area is 112 Å². The van der Waals surface area contributed by atoms with Gasteiger partial charge in [-0.2, -0.15) is 4.55 Å². The normalized spacial score (nSPS) is 26.8. The van der Waals surface area contributed by atoms with Gasteiger partial charge < -0.3 is 15.7 Å². The average Bonchev–Trinajstić information content (AvgIpc) is 2.61. The third kappa shape index (κ3) is 3.66. The molecule has 0 bridgehead atoms. The summed E-state index contributed by atoms with van der Waals surface area (Å²) in [4.78, 5) is 0. The summed E-state index contributed by atoms with van der Waals surface area (Å²) in [5.41, 5.74) is 0.757. The van der Waals surface area contributed by atoms with Crippen LogP contribution in [-0.4, -0.2) is 32.3 Å². The fourth-order valence-corrected chi connectivity index (χ4v) is 3.80. The molecule has 2 atom stereocenters. The van der Waals surface area contributed by atoms with E-state index in [0.29, 0.717) is 17.3 Å². The van der Waals surface area contributed by atoms with Crippen LogP contribution in [0.4, 0.5) is 5.69 Å². The third-order valence-electron chi connectivity index (χ3n) is 2.71. The third-order valence-corrected chi connectivity index (χ3v) is 4.72. The standard InChI is InChI=1S/C11H14N2O3S2/c14-10-3-1-8(2-4-10)12-11(17)13-9-5-6-18(15,16)7-9/h1-4,9H,5-7H2,(H3-,12,13,14,15,16,17)/p+1/t9-/m1/s1. The molecule has 0 saturated carbocycles. The van der Waals surface area contributed by atoms with Crippen LogP contribution in [0.3, 0.4) is 0 Å². The maximum absolute atomic E-state index is 11.4. The fourth-order valence-electron chi connectivity index (χ4n) is 1.82. The smallest absolute Gasteiger partial charge is 0.216 e. The van der Waals surface area contributed by atoms with E-state index in [0.717, 1.165) is 5.69 Å². The molecule has 1 aliphatic heterocycles. The number of thiocarbonyl (C=S) groups is 1. The lowest BCUT2D eigenvalue weighted by Gasteiger charge is -2.13. The minimum Gasteiger partial charge on any atom is -0.508 e. The number of hydrogen-bond donors (Lipinski definition) is 4. The highest BCUT2D eigenvalue weighted by Gasteiger charge is 2.38. The molecule has 1 aliphatic rings. The highest BCUT2D eigenvalue weighted by atomic mass is 32.3. The largest absolute Gasteiger partial charge is 0.508 e. The van der Waals surface area contributed by atoms with Crippen molar-refractivity contribution in [3.8, 4) is 5.75 Å². The van der Waals surface area contributed by atoms with Gasteiger partial charge in [0.05, 0.1) is 6.04 Å². The Hall–Kier alpha value is -1.18. The zero-order chi connectivity index (χ0) is 13.2. The highest BCUT2D eigenvalue weighted by molar-refractivity contribution is 7.98. The van der Waals surface area contributed by atoms with Crippen LogP contribution in [0.2, 0.25) is 0 Å². The van der Waals surface area contributed by atoms with Gasteiger partial charge >= 0.3 is 0 Å². The van der Waals surface area contributed by atoms with Crippen molar-refractivity contribution in [2.45, 2.75) is 12.5 Å². The number of nitrogens with one attached hydrogen (secondary N) is 2. The summed E-state index contributed by atoms with van der Waals surface area (Å²) in [6.45, 7) is 0. The molecule has 0 aliphatic carbocycles. The predicted octanol–water partition coefficient (Wildman–Crippen LogP) is 1.42. The predicted molar refractivity (Wildman–Crippen MR) is 76.3 cm³/mol. The molecule has 1 unspecified atom stereocenters. The molecule has 18 heavy (non-hydrogen) atoms. The van der Waals surface area contributed by atoms with Gasteiger partial charge in [0, 0.05) is 12.1 Å². The number of hydrogen-bond acceptors (Lipinski definition) is 3. The van der Waals surface area contributed by atoms with Gasteiger partial charge in [0.2, 0.25) is 10.2 Å². The van der Waals surface area contributed by atoms with E-state index in [1.54, 1.807) is 24.3 Å². The van der Waals surface area contributed by atoms with Crippen molar-refractivity contribution in [1.82, 2.24) is 5.32 Å². The molecule has 5 nitrogen and oxygen atoms in total. The second kappa shape index (κ2) is 5.21. The molecule has 1 saturated heterocycles. The lowest BCUT2D eigenvalue weighted by molar-refractivity contribution is 0.475. The number of phenols is 1. The molecular weight excluding hydrogens is 272 g/mol. The van der Waals surface area contributed by atoms with Crippen LogP contribution >= 0.6 is 12.2 Å². The van der Waals surface area contributed by atoms with Gasteiger partial charge in [-0.3, -0.25) is 0 Å². The maximum atomic E-state index is 11.4. The molecule has 1 heterocycles. The van der Waals surface area contributed by atoms with E-state index in [-0.39, 0.29) is 17.5 Å². The molecular formula is C11H15N2O3S2+. The first-order valence-corrected chi connectivity index (χ1v) is 7.79. The van der Waals surface area contributed by atoms with Crippen LogP contribution in [0.25, 0.3) is 0 Å². The van der Waals surface area contributed by atoms with Crippen LogP contribution in [0.1, 0.15) is 6.42 Å². The van der Waals surface area contributed by atoms with Crippen molar-refractivity contribution < 1.29 is 13.9 Å². The Balaban J connectivity index is 1.86. The van der Waals surface area contributed by atoms with E-state index in [9.17, 15) is 8.76 Å². The lowest BCUT2D eigenvalue weighted by Crippen LogP contribution is -2.38. The van der Waals surface area contributed by atoms with Crippen LogP contribution < -0.4 is 10.6 Å².